The van der Waals surface area contributed by atoms with Crippen molar-refractivity contribution in [3.05, 3.63) is 65.0 Å². The lowest BCUT2D eigenvalue weighted by Crippen LogP contribution is -2.21. The normalized spacial score (nSPS) is 17.9. The van der Waals surface area contributed by atoms with Crippen LogP contribution >= 0.6 is 0 Å². The number of ether oxygens (including phenoxy) is 4. The second-order valence-electron chi connectivity index (χ2n) is 10.8. The molecule has 3 aromatic rings. The molecule has 1 unspecified atom stereocenters. The van der Waals surface area contributed by atoms with Crippen molar-refractivity contribution in [2.75, 3.05) is 20.3 Å². The third kappa shape index (κ3) is 6.40. The Bertz CT molecular complexity index is 1420. The van der Waals surface area contributed by atoms with Gasteiger partial charge in [0.05, 0.1) is 50.3 Å². The van der Waals surface area contributed by atoms with Gasteiger partial charge >= 0.3 is 12.1 Å². The fourth-order valence-corrected chi connectivity index (χ4v) is 5.17. The van der Waals surface area contributed by atoms with Crippen LogP contribution in [0.15, 0.2) is 42.7 Å². The predicted molar refractivity (Wildman–Crippen MR) is 142 cm³/mol. The quantitative estimate of drug-likeness (QED) is 0.321. The van der Waals surface area contributed by atoms with E-state index in [4.69, 9.17) is 18.9 Å². The van der Waals surface area contributed by atoms with Crippen molar-refractivity contribution in [3.8, 4) is 28.6 Å². The molecule has 0 amide bonds. The molecule has 11 heteroatoms. The second-order valence-corrected chi connectivity index (χ2v) is 10.8. The third-order valence-corrected chi connectivity index (χ3v) is 7.28. The summed E-state index contributed by atoms with van der Waals surface area (Å²) in [6, 6.07) is 7.88. The summed E-state index contributed by atoms with van der Waals surface area (Å²) in [5, 5.41) is 9.84. The minimum Gasteiger partial charge on any atom is -0.492 e. The summed E-state index contributed by atoms with van der Waals surface area (Å²) in [6.07, 6.45) is -0.988. The van der Waals surface area contributed by atoms with E-state index in [0.29, 0.717) is 54.2 Å². The lowest BCUT2D eigenvalue weighted by molar-refractivity contribution is -0.141. The molecule has 1 aliphatic carbocycles. The summed E-state index contributed by atoms with van der Waals surface area (Å²) in [4.78, 5) is 20.1. The van der Waals surface area contributed by atoms with Gasteiger partial charge in [0, 0.05) is 29.5 Å². The third-order valence-electron chi connectivity index (χ3n) is 7.28. The molecule has 0 bridgehead atoms. The number of hydrogen-bond acceptors (Lipinski definition) is 8. The molecule has 0 saturated heterocycles. The summed E-state index contributed by atoms with van der Waals surface area (Å²) < 4.78 is 64.6. The number of esters is 1. The first kappa shape index (κ1) is 28.7. The summed E-state index contributed by atoms with van der Waals surface area (Å²) in [7, 11) is 1.34. The number of fused-ring (bicyclic) bond motifs is 2. The maximum Gasteiger partial charge on any atom is 0.417 e. The summed E-state index contributed by atoms with van der Waals surface area (Å²) >= 11 is 0. The molecule has 2 aliphatic rings. The first-order chi connectivity index (χ1) is 19.4. The van der Waals surface area contributed by atoms with Crippen LogP contribution in [0.25, 0.3) is 11.4 Å². The molecule has 2 heterocycles. The van der Waals surface area contributed by atoms with Gasteiger partial charge in [-0.15, -0.1) is 0 Å². The molecular weight excluding hydrogens is 541 g/mol. The van der Waals surface area contributed by atoms with Gasteiger partial charge in [0.25, 0.3) is 0 Å². The zero-order valence-corrected chi connectivity index (χ0v) is 23.0. The summed E-state index contributed by atoms with van der Waals surface area (Å²) in [6.45, 7) is 3.87. The Balaban J connectivity index is 1.38. The zero-order valence-electron chi connectivity index (χ0n) is 23.0. The Morgan fingerprint density at radius 1 is 1.10 bits per heavy atom. The van der Waals surface area contributed by atoms with Crippen molar-refractivity contribution in [2.24, 2.45) is 0 Å². The van der Waals surface area contributed by atoms with Crippen LogP contribution in [0.4, 0.5) is 13.2 Å². The van der Waals surface area contributed by atoms with E-state index in [0.717, 1.165) is 11.6 Å². The van der Waals surface area contributed by atoms with Gasteiger partial charge in [-0.05, 0) is 49.9 Å². The average molecular weight is 573 g/mol. The fourth-order valence-electron chi connectivity index (χ4n) is 5.17. The van der Waals surface area contributed by atoms with Crippen molar-refractivity contribution >= 4 is 5.97 Å². The van der Waals surface area contributed by atoms with Gasteiger partial charge in [-0.2, -0.15) is 13.2 Å². The lowest BCUT2D eigenvalue weighted by Gasteiger charge is -2.19. The smallest absolute Gasteiger partial charge is 0.417 e. The number of aromatic nitrogens is 2. The van der Waals surface area contributed by atoms with Crippen molar-refractivity contribution in [2.45, 2.75) is 63.3 Å². The summed E-state index contributed by atoms with van der Waals surface area (Å²) in [5.41, 5.74) is 0.243. The Hall–Kier alpha value is -3.86. The van der Waals surface area contributed by atoms with Gasteiger partial charge in [-0.1, -0.05) is 12.1 Å². The average Bonchev–Trinajstić information content (AvgIpc) is 3.51. The zero-order chi connectivity index (χ0) is 29.4. The van der Waals surface area contributed by atoms with E-state index in [9.17, 15) is 23.1 Å². The number of carbonyl (C=O) groups excluding carboxylic acids is 1. The van der Waals surface area contributed by atoms with Crippen LogP contribution in [-0.4, -0.2) is 47.0 Å². The molecule has 5 rings (SSSR count). The number of carbonyl (C=O) groups is 1. The van der Waals surface area contributed by atoms with Crippen molar-refractivity contribution in [3.63, 3.8) is 0 Å². The van der Waals surface area contributed by atoms with Gasteiger partial charge in [0.1, 0.15) is 17.6 Å². The van der Waals surface area contributed by atoms with E-state index in [1.54, 1.807) is 26.0 Å². The van der Waals surface area contributed by atoms with Crippen LogP contribution in [0.2, 0.25) is 0 Å². The van der Waals surface area contributed by atoms with E-state index < -0.39 is 23.4 Å². The highest BCUT2D eigenvalue weighted by Gasteiger charge is 2.39. The molecule has 41 heavy (non-hydrogen) atoms. The Kier molecular flexibility index (Phi) is 7.83. The number of hydrogen-bond donors (Lipinski definition) is 1. The molecule has 0 saturated carbocycles. The van der Waals surface area contributed by atoms with E-state index >= 15 is 0 Å². The van der Waals surface area contributed by atoms with Crippen LogP contribution in [0.5, 0.6) is 17.2 Å². The van der Waals surface area contributed by atoms with Gasteiger partial charge in [-0.3, -0.25) is 4.79 Å². The van der Waals surface area contributed by atoms with Gasteiger partial charge in [0.15, 0.2) is 11.6 Å². The monoisotopic (exact) mass is 572 g/mol. The highest BCUT2D eigenvalue weighted by molar-refractivity contribution is 5.71. The van der Waals surface area contributed by atoms with E-state index in [1.807, 2.05) is 6.07 Å². The molecule has 0 radical (unpaired) electrons. The summed E-state index contributed by atoms with van der Waals surface area (Å²) in [5.74, 6) is 0.951. The first-order valence-electron chi connectivity index (χ1n) is 13.3. The van der Waals surface area contributed by atoms with Crippen molar-refractivity contribution in [1.29, 1.82) is 0 Å². The molecule has 1 N–H and O–H groups in total. The van der Waals surface area contributed by atoms with Gasteiger partial charge in [0.2, 0.25) is 0 Å². The van der Waals surface area contributed by atoms with Crippen molar-refractivity contribution < 1.29 is 42.0 Å². The number of methoxy groups -OCH3 is 1. The number of halogens is 3. The number of nitrogens with zero attached hydrogens (tertiary/aromatic N) is 2. The lowest BCUT2D eigenvalue weighted by atomic mass is 9.96. The Labute approximate surface area is 235 Å². The molecule has 1 aromatic heterocycles. The molecule has 8 nitrogen and oxygen atoms in total. The molecule has 218 valence electrons. The number of alkyl halides is 3. The highest BCUT2D eigenvalue weighted by Crippen LogP contribution is 2.46. The molecule has 0 fully saturated rings. The van der Waals surface area contributed by atoms with Crippen molar-refractivity contribution in [1.82, 2.24) is 9.97 Å². The largest absolute Gasteiger partial charge is 0.492 e. The number of benzene rings is 2. The molecule has 2 atom stereocenters. The van der Waals surface area contributed by atoms with Gasteiger partial charge in [-0.25, -0.2) is 9.97 Å². The minimum absolute atomic E-state index is 0.0489. The molecular formula is C30H31F3N2O6. The second kappa shape index (κ2) is 11.2. The topological polar surface area (TPSA) is 100 Å². The SMILES string of the molecule is COC(=O)CC1COc2cc(O[C@@H]3CCc4c3ccc(C(F)(F)F)c4-c3ncc(OCCC(C)(C)O)cn3)ccc21. The minimum atomic E-state index is -4.60. The highest BCUT2D eigenvalue weighted by atomic mass is 19.4. The van der Waals surface area contributed by atoms with E-state index in [2.05, 4.69) is 9.97 Å². The standard InChI is InChI=1S/C30H31F3N2O6/c1-29(2,37)10-11-39-19-14-34-28(35-15-19)27-22-7-9-24(21(22)6-8-23(27)30(31,32)33)41-18-4-5-20-17(12-26(36)38-3)16-40-25(20)13-18/h4-6,8,13-15,17,24,37H,7,9-12,16H2,1-3H3/t17?,24-/m1/s1. The van der Waals surface area contributed by atoms with Crippen LogP contribution in [0.3, 0.4) is 0 Å². The number of aliphatic hydroxyl groups is 1. The van der Waals surface area contributed by atoms with Crippen LogP contribution < -0.4 is 14.2 Å². The molecule has 1 aliphatic heterocycles. The van der Waals surface area contributed by atoms with Crippen LogP contribution in [-0.2, 0) is 22.1 Å². The fraction of sp³-hybridized carbons (Fsp3) is 0.433. The first-order valence-corrected chi connectivity index (χ1v) is 13.3. The predicted octanol–water partition coefficient (Wildman–Crippen LogP) is 5.81. The molecule has 2 aromatic carbocycles. The molecule has 0 spiro atoms. The van der Waals surface area contributed by atoms with E-state index in [1.165, 1.54) is 25.6 Å². The maximum atomic E-state index is 14.1. The number of rotatable bonds is 9. The van der Waals surface area contributed by atoms with Gasteiger partial charge < -0.3 is 24.1 Å². The Morgan fingerprint density at radius 2 is 1.83 bits per heavy atom. The Morgan fingerprint density at radius 3 is 2.51 bits per heavy atom. The maximum absolute atomic E-state index is 14.1. The van der Waals surface area contributed by atoms with Crippen LogP contribution in [0, 0.1) is 0 Å². The van der Waals surface area contributed by atoms with Crippen LogP contribution in [0.1, 0.15) is 67.4 Å². The van der Waals surface area contributed by atoms with E-state index in [-0.39, 0.29) is 36.3 Å².